The molecular formula is C15H13NO2. The van der Waals surface area contributed by atoms with Gasteiger partial charge in [0.15, 0.2) is 11.5 Å². The van der Waals surface area contributed by atoms with Crippen molar-refractivity contribution >= 4 is 10.9 Å². The summed E-state index contributed by atoms with van der Waals surface area (Å²) in [5.41, 5.74) is 3.93. The van der Waals surface area contributed by atoms with Crippen molar-refractivity contribution in [3.8, 4) is 22.6 Å². The van der Waals surface area contributed by atoms with Crippen LogP contribution in [-0.4, -0.2) is 15.2 Å². The van der Waals surface area contributed by atoms with E-state index in [1.165, 1.54) is 0 Å². The molecule has 1 heterocycles. The Hall–Kier alpha value is -2.42. The molecule has 0 radical (unpaired) electrons. The predicted molar refractivity (Wildman–Crippen MR) is 71.8 cm³/mol. The number of aromatic hydroxyl groups is 2. The molecule has 0 saturated carbocycles. The lowest BCUT2D eigenvalue weighted by Crippen LogP contribution is -1.82. The molecule has 90 valence electrons. The highest BCUT2D eigenvalue weighted by atomic mass is 16.3. The molecule has 3 aromatic rings. The van der Waals surface area contributed by atoms with Crippen molar-refractivity contribution < 1.29 is 10.2 Å². The molecule has 0 aliphatic rings. The fourth-order valence-corrected chi connectivity index (χ4v) is 2.27. The molecule has 0 fully saturated rings. The van der Waals surface area contributed by atoms with Gasteiger partial charge in [-0.3, -0.25) is 0 Å². The third-order valence-electron chi connectivity index (χ3n) is 3.20. The van der Waals surface area contributed by atoms with Crippen LogP contribution in [0.3, 0.4) is 0 Å². The number of rotatable bonds is 1. The van der Waals surface area contributed by atoms with Crippen LogP contribution in [0.1, 0.15) is 5.56 Å². The molecule has 0 aliphatic carbocycles. The number of hydrogen-bond acceptors (Lipinski definition) is 2. The first-order chi connectivity index (χ1) is 8.66. The van der Waals surface area contributed by atoms with Crippen LogP contribution >= 0.6 is 0 Å². The second kappa shape index (κ2) is 3.81. The number of aromatic amines is 1. The number of fused-ring (bicyclic) bond motifs is 1. The minimum atomic E-state index is -0.0964. The van der Waals surface area contributed by atoms with Crippen LogP contribution in [0.15, 0.2) is 42.6 Å². The van der Waals surface area contributed by atoms with E-state index < -0.39 is 0 Å². The first-order valence-electron chi connectivity index (χ1n) is 5.76. The second-order valence-corrected chi connectivity index (χ2v) is 4.40. The average Bonchev–Trinajstić information content (AvgIpc) is 2.78. The number of H-pyrrole nitrogens is 1. The molecule has 0 unspecified atom stereocenters. The van der Waals surface area contributed by atoms with E-state index in [0.29, 0.717) is 0 Å². The molecule has 0 atom stereocenters. The molecule has 3 rings (SSSR count). The molecule has 0 spiro atoms. The Balaban J connectivity index is 2.29. The lowest BCUT2D eigenvalue weighted by molar-refractivity contribution is 0.403. The Labute approximate surface area is 104 Å². The van der Waals surface area contributed by atoms with E-state index in [9.17, 15) is 10.2 Å². The van der Waals surface area contributed by atoms with E-state index in [4.69, 9.17) is 0 Å². The fourth-order valence-electron chi connectivity index (χ4n) is 2.27. The average molecular weight is 239 g/mol. The zero-order valence-corrected chi connectivity index (χ0v) is 9.94. The van der Waals surface area contributed by atoms with Crippen molar-refractivity contribution in [2.75, 3.05) is 0 Å². The fraction of sp³-hybridized carbons (Fsp3) is 0.0667. The van der Waals surface area contributed by atoms with E-state index in [1.54, 1.807) is 12.1 Å². The number of benzene rings is 2. The normalized spacial score (nSPS) is 10.9. The Morgan fingerprint density at radius 3 is 2.50 bits per heavy atom. The molecule has 0 saturated heterocycles. The Morgan fingerprint density at radius 1 is 0.944 bits per heavy atom. The quantitative estimate of drug-likeness (QED) is 0.569. The topological polar surface area (TPSA) is 56.2 Å². The molecule has 3 N–H and O–H groups in total. The molecule has 0 aliphatic heterocycles. The number of aromatic nitrogens is 1. The maximum absolute atomic E-state index is 9.64. The number of aryl methyl sites for hydroxylation is 1. The summed E-state index contributed by atoms with van der Waals surface area (Å²) in [5.74, 6) is -0.183. The van der Waals surface area contributed by atoms with Gasteiger partial charge in [-0.15, -0.1) is 0 Å². The zero-order valence-electron chi connectivity index (χ0n) is 9.94. The first kappa shape index (κ1) is 10.7. The van der Waals surface area contributed by atoms with Crippen LogP contribution in [0.25, 0.3) is 22.0 Å². The lowest BCUT2D eigenvalue weighted by Gasteiger charge is -2.07. The van der Waals surface area contributed by atoms with Crippen LogP contribution < -0.4 is 0 Å². The minimum Gasteiger partial charge on any atom is -0.504 e. The van der Waals surface area contributed by atoms with Crippen molar-refractivity contribution in [2.24, 2.45) is 0 Å². The molecule has 0 amide bonds. The van der Waals surface area contributed by atoms with Gasteiger partial charge in [-0.25, -0.2) is 0 Å². The van der Waals surface area contributed by atoms with Gasteiger partial charge in [-0.1, -0.05) is 18.2 Å². The van der Waals surface area contributed by atoms with Gasteiger partial charge in [0, 0.05) is 22.7 Å². The van der Waals surface area contributed by atoms with Gasteiger partial charge in [0.1, 0.15) is 0 Å². The van der Waals surface area contributed by atoms with Crippen molar-refractivity contribution in [3.05, 3.63) is 48.2 Å². The van der Waals surface area contributed by atoms with Gasteiger partial charge >= 0.3 is 0 Å². The van der Waals surface area contributed by atoms with Gasteiger partial charge in [-0.2, -0.15) is 0 Å². The highest BCUT2D eigenvalue weighted by Crippen LogP contribution is 2.36. The highest BCUT2D eigenvalue weighted by molar-refractivity contribution is 5.96. The summed E-state index contributed by atoms with van der Waals surface area (Å²) in [5, 5.41) is 20.2. The standard InChI is InChI=1S/C15H13NO2/c1-9-6-14(17)15(18)7-11(9)12-8-16-13-5-3-2-4-10(12)13/h2-8,16-18H,1H3. The largest absolute Gasteiger partial charge is 0.504 e. The molecule has 1 aromatic heterocycles. The maximum Gasteiger partial charge on any atom is 0.158 e. The van der Waals surface area contributed by atoms with E-state index >= 15 is 0 Å². The van der Waals surface area contributed by atoms with Gasteiger partial charge in [0.2, 0.25) is 0 Å². The maximum atomic E-state index is 9.64. The van der Waals surface area contributed by atoms with Crippen molar-refractivity contribution in [1.82, 2.24) is 4.98 Å². The number of hydrogen-bond donors (Lipinski definition) is 3. The Bertz CT molecular complexity index is 728. The molecule has 0 bridgehead atoms. The smallest absolute Gasteiger partial charge is 0.158 e. The molecule has 3 nitrogen and oxygen atoms in total. The summed E-state index contributed by atoms with van der Waals surface area (Å²) in [7, 11) is 0. The molecule has 3 heteroatoms. The third-order valence-corrected chi connectivity index (χ3v) is 3.20. The number of phenols is 2. The summed E-state index contributed by atoms with van der Waals surface area (Å²) < 4.78 is 0. The first-order valence-corrected chi connectivity index (χ1v) is 5.76. The van der Waals surface area contributed by atoms with Crippen LogP contribution in [0.4, 0.5) is 0 Å². The second-order valence-electron chi connectivity index (χ2n) is 4.40. The Morgan fingerprint density at radius 2 is 1.67 bits per heavy atom. The summed E-state index contributed by atoms with van der Waals surface area (Å²) in [6, 6.07) is 11.2. The van der Waals surface area contributed by atoms with Crippen molar-refractivity contribution in [1.29, 1.82) is 0 Å². The summed E-state index contributed by atoms with van der Waals surface area (Å²) in [6.07, 6.45) is 1.92. The highest BCUT2D eigenvalue weighted by Gasteiger charge is 2.11. The lowest BCUT2D eigenvalue weighted by atomic mass is 9.99. The van der Waals surface area contributed by atoms with Gasteiger partial charge in [0.25, 0.3) is 0 Å². The summed E-state index contributed by atoms with van der Waals surface area (Å²) in [6.45, 7) is 1.91. The zero-order chi connectivity index (χ0) is 12.7. The summed E-state index contributed by atoms with van der Waals surface area (Å²) in [4.78, 5) is 3.20. The predicted octanol–water partition coefficient (Wildman–Crippen LogP) is 3.55. The number of nitrogens with one attached hydrogen (secondary N) is 1. The number of para-hydroxylation sites is 1. The van der Waals surface area contributed by atoms with Gasteiger partial charge in [-0.05, 0) is 36.2 Å². The van der Waals surface area contributed by atoms with E-state index in [0.717, 1.165) is 27.6 Å². The van der Waals surface area contributed by atoms with Crippen LogP contribution in [0, 0.1) is 6.92 Å². The van der Waals surface area contributed by atoms with Crippen LogP contribution in [0.5, 0.6) is 11.5 Å². The number of phenolic OH excluding ortho intramolecular Hbond substituents is 2. The van der Waals surface area contributed by atoms with Crippen molar-refractivity contribution in [3.63, 3.8) is 0 Å². The monoisotopic (exact) mass is 239 g/mol. The molecular weight excluding hydrogens is 226 g/mol. The van der Waals surface area contributed by atoms with E-state index in [-0.39, 0.29) is 11.5 Å². The molecule has 2 aromatic carbocycles. The van der Waals surface area contributed by atoms with Crippen LogP contribution in [0.2, 0.25) is 0 Å². The van der Waals surface area contributed by atoms with E-state index in [1.807, 2.05) is 37.4 Å². The van der Waals surface area contributed by atoms with Crippen LogP contribution in [-0.2, 0) is 0 Å². The molecule has 18 heavy (non-hydrogen) atoms. The van der Waals surface area contributed by atoms with Gasteiger partial charge < -0.3 is 15.2 Å². The van der Waals surface area contributed by atoms with Crippen molar-refractivity contribution in [2.45, 2.75) is 6.92 Å². The van der Waals surface area contributed by atoms with Gasteiger partial charge in [0.05, 0.1) is 0 Å². The van der Waals surface area contributed by atoms with E-state index in [2.05, 4.69) is 4.98 Å². The Kier molecular flexibility index (Phi) is 2.27. The third kappa shape index (κ3) is 1.52. The minimum absolute atomic E-state index is 0.0870. The SMILES string of the molecule is Cc1cc(O)c(O)cc1-c1c[nH]c2ccccc12. The summed E-state index contributed by atoms with van der Waals surface area (Å²) >= 11 is 0.